The lowest BCUT2D eigenvalue weighted by atomic mass is 10.00. The van der Waals surface area contributed by atoms with Crippen LogP contribution < -0.4 is 5.32 Å². The van der Waals surface area contributed by atoms with E-state index in [-0.39, 0.29) is 0 Å². The fraction of sp³-hybridized carbons (Fsp3) is 0.400. The summed E-state index contributed by atoms with van der Waals surface area (Å²) in [5.74, 6) is 2.37. The molecule has 1 atom stereocenters. The van der Waals surface area contributed by atoms with Gasteiger partial charge in [-0.15, -0.1) is 0 Å². The summed E-state index contributed by atoms with van der Waals surface area (Å²) in [5, 5.41) is 7.89. The molecule has 0 saturated heterocycles. The second kappa shape index (κ2) is 5.80. The molecule has 3 rings (SSSR count). The van der Waals surface area contributed by atoms with Crippen molar-refractivity contribution in [1.29, 1.82) is 0 Å². The third kappa shape index (κ3) is 2.85. The highest BCUT2D eigenvalue weighted by molar-refractivity contribution is 7.99. The van der Waals surface area contributed by atoms with Crippen molar-refractivity contribution in [3.63, 3.8) is 0 Å². The van der Waals surface area contributed by atoms with Crippen LogP contribution in [0.4, 0.5) is 0 Å². The molecule has 0 bridgehead atoms. The normalized spacial score (nSPS) is 18.9. The van der Waals surface area contributed by atoms with Crippen molar-refractivity contribution in [2.75, 3.05) is 11.5 Å². The second-order valence-electron chi connectivity index (χ2n) is 4.90. The van der Waals surface area contributed by atoms with Gasteiger partial charge in [0.1, 0.15) is 0 Å². The van der Waals surface area contributed by atoms with Crippen molar-refractivity contribution >= 4 is 11.8 Å². The molecule has 3 nitrogen and oxygen atoms in total. The highest BCUT2D eigenvalue weighted by atomic mass is 32.2. The maximum Gasteiger partial charge on any atom is 0.0518 e. The number of rotatable bonds is 3. The molecule has 2 heterocycles. The van der Waals surface area contributed by atoms with E-state index in [1.165, 1.54) is 29.0 Å². The van der Waals surface area contributed by atoms with Crippen molar-refractivity contribution in [2.24, 2.45) is 7.05 Å². The molecular weight excluding hydrogens is 254 g/mol. The first-order valence-electron chi connectivity index (χ1n) is 6.70. The molecule has 100 valence electrons. The van der Waals surface area contributed by atoms with Crippen molar-refractivity contribution in [2.45, 2.75) is 19.0 Å². The third-order valence-corrected chi connectivity index (χ3v) is 4.74. The Balaban J connectivity index is 1.75. The Morgan fingerprint density at radius 2 is 2.26 bits per heavy atom. The summed E-state index contributed by atoms with van der Waals surface area (Å²) in [7, 11) is 1.99. The van der Waals surface area contributed by atoms with Crippen LogP contribution >= 0.6 is 11.8 Å². The fourth-order valence-corrected chi connectivity index (χ4v) is 3.61. The summed E-state index contributed by atoms with van der Waals surface area (Å²) in [4.78, 5) is 0. The number of hydrogen-bond donors (Lipinski definition) is 1. The summed E-state index contributed by atoms with van der Waals surface area (Å²) in [5.41, 5.74) is 4.19. The summed E-state index contributed by atoms with van der Waals surface area (Å²) in [6.07, 6.45) is 3.04. The molecule has 0 spiro atoms. The molecule has 0 saturated carbocycles. The summed E-state index contributed by atoms with van der Waals surface area (Å²) >= 11 is 2.04. The Labute approximate surface area is 118 Å². The number of aryl methyl sites for hydroxylation is 2. The van der Waals surface area contributed by atoms with Crippen LogP contribution in [0.2, 0.25) is 0 Å². The van der Waals surface area contributed by atoms with Crippen LogP contribution in [0.1, 0.15) is 22.9 Å². The van der Waals surface area contributed by atoms with E-state index in [1.54, 1.807) is 0 Å². The molecule has 2 aromatic rings. The van der Waals surface area contributed by atoms with Crippen molar-refractivity contribution < 1.29 is 0 Å². The van der Waals surface area contributed by atoms with E-state index in [0.717, 1.165) is 12.3 Å². The van der Waals surface area contributed by atoms with Gasteiger partial charge in [-0.3, -0.25) is 4.68 Å². The van der Waals surface area contributed by atoms with Crippen LogP contribution in [-0.4, -0.2) is 21.3 Å². The highest BCUT2D eigenvalue weighted by Crippen LogP contribution is 2.27. The van der Waals surface area contributed by atoms with Crippen LogP contribution in [0.3, 0.4) is 0 Å². The fourth-order valence-electron chi connectivity index (χ4n) is 2.55. The first kappa shape index (κ1) is 12.8. The van der Waals surface area contributed by atoms with Crippen LogP contribution in [-0.2, 0) is 20.0 Å². The van der Waals surface area contributed by atoms with E-state index < -0.39 is 0 Å². The first-order valence-corrected chi connectivity index (χ1v) is 7.86. The van der Waals surface area contributed by atoms with Gasteiger partial charge >= 0.3 is 0 Å². The largest absolute Gasteiger partial charge is 0.304 e. The predicted octanol–water partition coefficient (Wildman–Crippen LogP) is 2.54. The molecule has 1 aliphatic rings. The number of hydrogen-bond acceptors (Lipinski definition) is 3. The van der Waals surface area contributed by atoms with E-state index in [2.05, 4.69) is 40.7 Å². The van der Waals surface area contributed by atoms with Crippen LogP contribution in [0.15, 0.2) is 36.5 Å². The van der Waals surface area contributed by atoms with Gasteiger partial charge in [0.05, 0.1) is 5.69 Å². The molecule has 1 unspecified atom stereocenters. The van der Waals surface area contributed by atoms with E-state index in [9.17, 15) is 0 Å². The zero-order valence-electron chi connectivity index (χ0n) is 11.2. The lowest BCUT2D eigenvalue weighted by Gasteiger charge is -2.19. The van der Waals surface area contributed by atoms with Crippen LogP contribution in [0.5, 0.6) is 0 Å². The summed E-state index contributed by atoms with van der Waals surface area (Å²) < 4.78 is 1.93. The number of nitrogens with one attached hydrogen (secondary N) is 1. The van der Waals surface area contributed by atoms with E-state index in [0.29, 0.717) is 6.04 Å². The van der Waals surface area contributed by atoms with E-state index in [4.69, 9.17) is 0 Å². The SMILES string of the molecule is Cn1nccc1CNC1CSCCc2ccccc21. The van der Waals surface area contributed by atoms with Gasteiger partial charge in [0, 0.05) is 31.6 Å². The average Bonchev–Trinajstić information content (AvgIpc) is 2.73. The quantitative estimate of drug-likeness (QED) is 0.932. The zero-order chi connectivity index (χ0) is 13.1. The van der Waals surface area contributed by atoms with Crippen LogP contribution in [0.25, 0.3) is 0 Å². The summed E-state index contributed by atoms with van der Waals surface area (Å²) in [6, 6.07) is 11.3. The lowest BCUT2D eigenvalue weighted by molar-refractivity contribution is 0.553. The van der Waals surface area contributed by atoms with Crippen LogP contribution in [0, 0.1) is 0 Å². The Hall–Kier alpha value is -1.26. The molecule has 1 aliphatic heterocycles. The topological polar surface area (TPSA) is 29.9 Å². The number of thioether (sulfide) groups is 1. The second-order valence-corrected chi connectivity index (χ2v) is 6.05. The zero-order valence-corrected chi connectivity index (χ0v) is 12.0. The highest BCUT2D eigenvalue weighted by Gasteiger charge is 2.18. The third-order valence-electron chi connectivity index (χ3n) is 3.68. The maximum atomic E-state index is 4.21. The molecule has 0 aliphatic carbocycles. The molecule has 1 aromatic carbocycles. The maximum absolute atomic E-state index is 4.21. The molecule has 4 heteroatoms. The van der Waals surface area contributed by atoms with Gasteiger partial charge in [0.25, 0.3) is 0 Å². The predicted molar refractivity (Wildman–Crippen MR) is 80.3 cm³/mol. The van der Waals surface area contributed by atoms with Gasteiger partial charge in [0.2, 0.25) is 0 Å². The van der Waals surface area contributed by atoms with Crippen molar-refractivity contribution in [3.05, 3.63) is 53.3 Å². The molecule has 0 radical (unpaired) electrons. The number of aromatic nitrogens is 2. The lowest BCUT2D eigenvalue weighted by Crippen LogP contribution is -2.24. The average molecular weight is 273 g/mol. The van der Waals surface area contributed by atoms with E-state index >= 15 is 0 Å². The minimum Gasteiger partial charge on any atom is -0.304 e. The molecule has 0 amide bonds. The Morgan fingerprint density at radius 1 is 1.37 bits per heavy atom. The molecule has 19 heavy (non-hydrogen) atoms. The molecular formula is C15H19N3S. The monoisotopic (exact) mass is 273 g/mol. The molecule has 0 fully saturated rings. The standard InChI is InChI=1S/C15H19N3S/c1-18-13(6-8-17-18)10-16-15-11-19-9-7-12-4-2-3-5-14(12)15/h2-6,8,15-16H,7,9-11H2,1H3. The minimum atomic E-state index is 0.443. The summed E-state index contributed by atoms with van der Waals surface area (Å²) in [6.45, 7) is 0.871. The van der Waals surface area contributed by atoms with Gasteiger partial charge in [-0.2, -0.15) is 16.9 Å². The Bertz CT molecular complexity index is 550. The molecule has 1 aromatic heterocycles. The van der Waals surface area contributed by atoms with Gasteiger partial charge in [-0.05, 0) is 29.4 Å². The van der Waals surface area contributed by atoms with Gasteiger partial charge in [-0.1, -0.05) is 24.3 Å². The van der Waals surface area contributed by atoms with Crippen molar-refractivity contribution in [1.82, 2.24) is 15.1 Å². The van der Waals surface area contributed by atoms with E-state index in [1.807, 2.05) is 29.7 Å². The Morgan fingerprint density at radius 3 is 3.11 bits per heavy atom. The van der Waals surface area contributed by atoms with Gasteiger partial charge < -0.3 is 5.32 Å². The van der Waals surface area contributed by atoms with Gasteiger partial charge in [0.15, 0.2) is 0 Å². The first-order chi connectivity index (χ1) is 9.34. The number of nitrogens with zero attached hydrogens (tertiary/aromatic N) is 2. The minimum absolute atomic E-state index is 0.443. The smallest absolute Gasteiger partial charge is 0.0518 e. The van der Waals surface area contributed by atoms with Crippen molar-refractivity contribution in [3.8, 4) is 0 Å². The number of benzene rings is 1. The van der Waals surface area contributed by atoms with Gasteiger partial charge in [-0.25, -0.2) is 0 Å². The Kier molecular flexibility index (Phi) is 3.89. The number of fused-ring (bicyclic) bond motifs is 1. The molecule has 1 N–H and O–H groups in total.